The maximum Gasteiger partial charge on any atom is 0.266 e. The first-order valence-electron chi connectivity index (χ1n) is 7.40. The largest absolute Gasteiger partial charge is 0.366 e. The summed E-state index contributed by atoms with van der Waals surface area (Å²) in [5, 5.41) is 4.72. The number of anilines is 1. The van der Waals surface area contributed by atoms with Gasteiger partial charge in [0.15, 0.2) is 0 Å². The highest BCUT2D eigenvalue weighted by Gasteiger charge is 2.15. The molecule has 0 saturated carbocycles. The van der Waals surface area contributed by atoms with Crippen LogP contribution in [0.2, 0.25) is 0 Å². The molecule has 0 atom stereocenters. The number of aryl methyl sites for hydroxylation is 1. The van der Waals surface area contributed by atoms with E-state index in [2.05, 4.69) is 5.32 Å². The Morgan fingerprint density at radius 3 is 2.50 bits per heavy atom. The van der Waals surface area contributed by atoms with Crippen molar-refractivity contribution in [3.05, 3.63) is 76.0 Å². The molecule has 120 valence electrons. The van der Waals surface area contributed by atoms with Crippen molar-refractivity contribution in [1.82, 2.24) is 0 Å². The third-order valence-electron chi connectivity index (χ3n) is 3.64. The minimum Gasteiger partial charge on any atom is -0.366 e. The van der Waals surface area contributed by atoms with Crippen molar-refractivity contribution in [3.63, 3.8) is 0 Å². The van der Waals surface area contributed by atoms with Crippen molar-refractivity contribution in [3.8, 4) is 11.1 Å². The van der Waals surface area contributed by atoms with Crippen LogP contribution in [-0.2, 0) is 0 Å². The minimum atomic E-state index is -0.525. The van der Waals surface area contributed by atoms with Crippen molar-refractivity contribution in [1.29, 1.82) is 0 Å². The number of rotatable bonds is 4. The molecule has 1 aromatic heterocycles. The average Bonchev–Trinajstić information content (AvgIpc) is 3.05. The van der Waals surface area contributed by atoms with Crippen molar-refractivity contribution < 1.29 is 9.59 Å². The Labute approximate surface area is 143 Å². The second-order valence-corrected chi connectivity index (χ2v) is 6.34. The number of thiophene rings is 1. The molecule has 24 heavy (non-hydrogen) atoms. The van der Waals surface area contributed by atoms with Gasteiger partial charge in [-0.3, -0.25) is 9.59 Å². The lowest BCUT2D eigenvalue weighted by Gasteiger charge is -2.07. The Bertz CT molecular complexity index is 898. The normalized spacial score (nSPS) is 10.4. The molecule has 5 heteroatoms. The van der Waals surface area contributed by atoms with Crippen molar-refractivity contribution in [2.24, 2.45) is 5.73 Å². The molecule has 2 aromatic carbocycles. The van der Waals surface area contributed by atoms with Gasteiger partial charge in [0.1, 0.15) is 0 Å². The third-order valence-corrected chi connectivity index (χ3v) is 4.55. The fourth-order valence-electron chi connectivity index (χ4n) is 2.38. The Balaban J connectivity index is 1.86. The highest BCUT2D eigenvalue weighted by molar-refractivity contribution is 7.12. The van der Waals surface area contributed by atoms with E-state index in [0.717, 1.165) is 11.1 Å². The van der Waals surface area contributed by atoms with Crippen molar-refractivity contribution in [2.75, 3.05) is 5.32 Å². The van der Waals surface area contributed by atoms with Gasteiger partial charge in [0.2, 0.25) is 5.91 Å². The zero-order valence-electron chi connectivity index (χ0n) is 13.1. The van der Waals surface area contributed by atoms with Crippen LogP contribution in [0.5, 0.6) is 0 Å². The summed E-state index contributed by atoms with van der Waals surface area (Å²) in [4.78, 5) is 24.5. The molecule has 3 N–H and O–H groups in total. The highest BCUT2D eigenvalue weighted by Crippen LogP contribution is 2.29. The first-order chi connectivity index (χ1) is 11.5. The number of carbonyl (C=O) groups excluding carboxylic acids is 2. The van der Waals surface area contributed by atoms with Crippen LogP contribution in [0.3, 0.4) is 0 Å². The Hall–Kier alpha value is -2.92. The van der Waals surface area contributed by atoms with Crippen LogP contribution < -0.4 is 11.1 Å². The molecule has 0 fully saturated rings. The quantitative estimate of drug-likeness (QED) is 0.753. The smallest absolute Gasteiger partial charge is 0.266 e. The first-order valence-corrected chi connectivity index (χ1v) is 8.28. The van der Waals surface area contributed by atoms with Gasteiger partial charge in [0.25, 0.3) is 5.91 Å². The second-order valence-electron chi connectivity index (χ2n) is 5.43. The lowest BCUT2D eigenvalue weighted by atomic mass is 10.0. The monoisotopic (exact) mass is 336 g/mol. The molecular formula is C19H16N2O2S. The summed E-state index contributed by atoms with van der Waals surface area (Å²) >= 11 is 1.38. The third kappa shape index (κ3) is 3.36. The summed E-state index contributed by atoms with van der Waals surface area (Å²) in [5.41, 5.74) is 9.23. The van der Waals surface area contributed by atoms with Crippen molar-refractivity contribution in [2.45, 2.75) is 6.92 Å². The van der Waals surface area contributed by atoms with Crippen LogP contribution in [0.1, 0.15) is 25.6 Å². The summed E-state index contributed by atoms with van der Waals surface area (Å²) in [6.07, 6.45) is 0. The van der Waals surface area contributed by atoms with Crippen LogP contribution in [0, 0.1) is 6.92 Å². The van der Waals surface area contributed by atoms with Gasteiger partial charge in [-0.2, -0.15) is 0 Å². The van der Waals surface area contributed by atoms with E-state index in [9.17, 15) is 9.59 Å². The minimum absolute atomic E-state index is 0.206. The van der Waals surface area contributed by atoms with Crippen molar-refractivity contribution >= 4 is 28.8 Å². The van der Waals surface area contributed by atoms with Gasteiger partial charge in [0.05, 0.1) is 4.88 Å². The van der Waals surface area contributed by atoms with Gasteiger partial charge in [-0.25, -0.2) is 0 Å². The van der Waals surface area contributed by atoms with Gasteiger partial charge in [-0.15, -0.1) is 11.3 Å². The topological polar surface area (TPSA) is 72.2 Å². The number of hydrogen-bond donors (Lipinski definition) is 2. The van der Waals surface area contributed by atoms with E-state index in [1.165, 1.54) is 16.9 Å². The molecular weight excluding hydrogens is 320 g/mol. The first kappa shape index (κ1) is 16.0. The zero-order chi connectivity index (χ0) is 17.1. The van der Waals surface area contributed by atoms with Crippen LogP contribution in [-0.4, -0.2) is 11.8 Å². The van der Waals surface area contributed by atoms with Crippen LogP contribution >= 0.6 is 11.3 Å². The molecule has 2 amide bonds. The number of primary amides is 1. The van der Waals surface area contributed by atoms with E-state index in [4.69, 9.17) is 5.73 Å². The van der Waals surface area contributed by atoms with E-state index in [-0.39, 0.29) is 5.91 Å². The summed E-state index contributed by atoms with van der Waals surface area (Å²) in [6, 6.07) is 16.6. The van der Waals surface area contributed by atoms with Gasteiger partial charge in [-0.1, -0.05) is 35.9 Å². The van der Waals surface area contributed by atoms with Crippen LogP contribution in [0.15, 0.2) is 60.0 Å². The summed E-state index contributed by atoms with van der Waals surface area (Å²) < 4.78 is 0. The predicted octanol–water partition coefficient (Wildman–Crippen LogP) is 4.07. The number of benzene rings is 2. The molecule has 3 aromatic rings. The molecule has 0 aliphatic rings. The Morgan fingerprint density at radius 2 is 1.79 bits per heavy atom. The molecule has 0 unspecified atom stereocenters. The number of hydrogen-bond acceptors (Lipinski definition) is 3. The van der Waals surface area contributed by atoms with Crippen LogP contribution in [0.25, 0.3) is 11.1 Å². The van der Waals surface area contributed by atoms with Gasteiger partial charge in [-0.05, 0) is 42.1 Å². The van der Waals surface area contributed by atoms with Gasteiger partial charge in [0, 0.05) is 16.8 Å². The second kappa shape index (κ2) is 6.68. The zero-order valence-corrected chi connectivity index (χ0v) is 13.9. The van der Waals surface area contributed by atoms with E-state index >= 15 is 0 Å². The Kier molecular flexibility index (Phi) is 4.44. The number of amides is 2. The lowest BCUT2D eigenvalue weighted by Crippen LogP contribution is -2.14. The van der Waals surface area contributed by atoms with E-state index in [1.54, 1.807) is 24.3 Å². The predicted molar refractivity (Wildman–Crippen MR) is 97.4 cm³/mol. The highest BCUT2D eigenvalue weighted by atomic mass is 32.1. The molecule has 0 saturated heterocycles. The fraction of sp³-hybridized carbons (Fsp3) is 0.0526. The molecule has 0 radical (unpaired) electrons. The molecule has 1 heterocycles. The summed E-state index contributed by atoms with van der Waals surface area (Å²) in [7, 11) is 0. The standard InChI is InChI=1S/C19H16N2O2S/c1-12-5-7-13(8-6-12)16-9-10-24-17(16)19(23)21-15-4-2-3-14(11-15)18(20)22/h2-11H,1H3,(H2,20,22)(H,21,23). The summed E-state index contributed by atoms with van der Waals surface area (Å²) in [6.45, 7) is 2.02. The number of nitrogens with one attached hydrogen (secondary N) is 1. The SMILES string of the molecule is Cc1ccc(-c2ccsc2C(=O)Nc2cccc(C(N)=O)c2)cc1. The molecule has 0 spiro atoms. The van der Waals surface area contributed by atoms with E-state index < -0.39 is 5.91 Å². The van der Waals surface area contributed by atoms with Gasteiger partial charge >= 0.3 is 0 Å². The molecule has 0 aliphatic carbocycles. The number of nitrogens with two attached hydrogens (primary N) is 1. The van der Waals surface area contributed by atoms with E-state index in [1.807, 2.05) is 42.6 Å². The van der Waals surface area contributed by atoms with Gasteiger partial charge < -0.3 is 11.1 Å². The molecule has 4 nitrogen and oxygen atoms in total. The van der Waals surface area contributed by atoms with E-state index in [0.29, 0.717) is 16.1 Å². The maximum atomic E-state index is 12.6. The molecule has 0 bridgehead atoms. The van der Waals surface area contributed by atoms with Crippen LogP contribution in [0.4, 0.5) is 5.69 Å². The average molecular weight is 336 g/mol. The fourth-order valence-corrected chi connectivity index (χ4v) is 3.19. The number of carbonyl (C=O) groups is 2. The maximum absolute atomic E-state index is 12.6. The Morgan fingerprint density at radius 1 is 1.04 bits per heavy atom. The summed E-state index contributed by atoms with van der Waals surface area (Å²) in [5.74, 6) is -0.732. The molecule has 3 rings (SSSR count). The lowest BCUT2D eigenvalue weighted by molar-refractivity contribution is 0.0996. The molecule has 0 aliphatic heterocycles.